The van der Waals surface area contributed by atoms with E-state index in [-0.39, 0.29) is 11.7 Å². The number of carbonyl (C=O) groups excluding carboxylic acids is 1. The van der Waals surface area contributed by atoms with Gasteiger partial charge in [0, 0.05) is 9.50 Å². The van der Waals surface area contributed by atoms with Crippen molar-refractivity contribution in [2.75, 3.05) is 11.1 Å². The van der Waals surface area contributed by atoms with Crippen LogP contribution in [0.4, 0.5) is 5.69 Å². The molecule has 0 radical (unpaired) electrons. The van der Waals surface area contributed by atoms with E-state index in [1.165, 1.54) is 0 Å². The first-order valence-corrected chi connectivity index (χ1v) is 9.97. The number of hydrogen-bond acceptors (Lipinski definition) is 5. The van der Waals surface area contributed by atoms with Crippen LogP contribution in [-0.4, -0.2) is 21.9 Å². The molecule has 1 amide bonds. The first-order chi connectivity index (χ1) is 12.5. The quantitative estimate of drug-likeness (QED) is 0.482. The third kappa shape index (κ3) is 5.48. The number of thioether (sulfide) groups is 1. The van der Waals surface area contributed by atoms with Crippen LogP contribution in [0.1, 0.15) is 11.5 Å². The van der Waals surface area contributed by atoms with Gasteiger partial charge in [-0.05, 0) is 35.9 Å². The summed E-state index contributed by atoms with van der Waals surface area (Å²) in [5.41, 5.74) is 1.56. The molecule has 134 valence electrons. The van der Waals surface area contributed by atoms with Gasteiger partial charge in [0.05, 0.1) is 22.9 Å². The van der Waals surface area contributed by atoms with Gasteiger partial charge in [0.2, 0.25) is 11.8 Å². The molecule has 9 heteroatoms. The van der Waals surface area contributed by atoms with Gasteiger partial charge in [-0.3, -0.25) is 4.79 Å². The molecule has 1 aromatic heterocycles. The Morgan fingerprint density at radius 1 is 1.15 bits per heavy atom. The lowest BCUT2D eigenvalue weighted by molar-refractivity contribution is -0.113. The number of amides is 1. The predicted octanol–water partition coefficient (Wildman–Crippen LogP) is 5.46. The summed E-state index contributed by atoms with van der Waals surface area (Å²) >= 11 is 16.4. The summed E-state index contributed by atoms with van der Waals surface area (Å²) in [6, 6.07) is 12.7. The first-order valence-electron chi connectivity index (χ1n) is 7.44. The maximum absolute atomic E-state index is 12.0. The number of carbonyl (C=O) groups is 1. The molecule has 0 aliphatic rings. The SMILES string of the molecule is O=C(CSc1nnc(Cc2ccc(Br)cc2)o1)Nc1ccc(Cl)cc1Cl. The highest BCUT2D eigenvalue weighted by Crippen LogP contribution is 2.26. The summed E-state index contributed by atoms with van der Waals surface area (Å²) in [4.78, 5) is 12.0. The monoisotopic (exact) mass is 471 g/mol. The van der Waals surface area contributed by atoms with Crippen molar-refractivity contribution in [3.8, 4) is 0 Å². The number of aromatic nitrogens is 2. The Labute approximate surface area is 172 Å². The van der Waals surface area contributed by atoms with Crippen LogP contribution in [0, 0.1) is 0 Å². The van der Waals surface area contributed by atoms with E-state index in [0.717, 1.165) is 21.8 Å². The molecule has 0 spiro atoms. The van der Waals surface area contributed by atoms with E-state index < -0.39 is 0 Å². The normalized spacial score (nSPS) is 10.7. The minimum atomic E-state index is -0.230. The van der Waals surface area contributed by atoms with Crippen molar-refractivity contribution >= 4 is 62.5 Å². The smallest absolute Gasteiger partial charge is 0.277 e. The molecule has 3 rings (SSSR count). The van der Waals surface area contributed by atoms with Crippen molar-refractivity contribution in [2.45, 2.75) is 11.6 Å². The van der Waals surface area contributed by atoms with E-state index in [4.69, 9.17) is 27.6 Å². The molecule has 0 saturated heterocycles. The lowest BCUT2D eigenvalue weighted by Crippen LogP contribution is -2.14. The number of halogens is 3. The van der Waals surface area contributed by atoms with E-state index in [9.17, 15) is 4.79 Å². The lowest BCUT2D eigenvalue weighted by atomic mass is 10.2. The van der Waals surface area contributed by atoms with Gasteiger partial charge in [-0.15, -0.1) is 10.2 Å². The maximum atomic E-state index is 12.0. The Bertz CT molecular complexity index is 919. The molecule has 0 bridgehead atoms. The van der Waals surface area contributed by atoms with Crippen molar-refractivity contribution in [3.05, 3.63) is 68.4 Å². The highest BCUT2D eigenvalue weighted by Gasteiger charge is 2.12. The molecule has 5 nitrogen and oxygen atoms in total. The van der Waals surface area contributed by atoms with Crippen molar-refractivity contribution in [3.63, 3.8) is 0 Å². The molecule has 0 fully saturated rings. The first kappa shape index (κ1) is 19.2. The molecular formula is C17H12BrCl2N3O2S. The van der Waals surface area contributed by atoms with Gasteiger partial charge in [-0.1, -0.05) is 63.0 Å². The van der Waals surface area contributed by atoms with Crippen LogP contribution in [0.15, 0.2) is 56.6 Å². The molecule has 3 aromatic rings. The van der Waals surface area contributed by atoms with E-state index in [1.54, 1.807) is 18.2 Å². The van der Waals surface area contributed by atoms with E-state index in [1.807, 2.05) is 24.3 Å². The molecule has 26 heavy (non-hydrogen) atoms. The van der Waals surface area contributed by atoms with Gasteiger partial charge in [0.15, 0.2) is 0 Å². The Hall–Kier alpha value is -1.54. The second-order valence-electron chi connectivity index (χ2n) is 5.23. The summed E-state index contributed by atoms with van der Waals surface area (Å²) < 4.78 is 6.57. The van der Waals surface area contributed by atoms with Crippen LogP contribution in [0.25, 0.3) is 0 Å². The number of benzene rings is 2. The van der Waals surface area contributed by atoms with Gasteiger partial charge in [0.1, 0.15) is 0 Å². The van der Waals surface area contributed by atoms with Gasteiger partial charge in [0.25, 0.3) is 5.22 Å². The summed E-state index contributed by atoms with van der Waals surface area (Å²) in [6.07, 6.45) is 0.535. The molecule has 0 aliphatic carbocycles. The zero-order valence-electron chi connectivity index (χ0n) is 13.2. The maximum Gasteiger partial charge on any atom is 0.277 e. The Balaban J connectivity index is 1.52. The van der Waals surface area contributed by atoms with E-state index >= 15 is 0 Å². The highest BCUT2D eigenvalue weighted by molar-refractivity contribution is 9.10. The molecule has 2 aromatic carbocycles. The zero-order valence-corrected chi connectivity index (χ0v) is 17.1. The largest absolute Gasteiger partial charge is 0.416 e. The van der Waals surface area contributed by atoms with Crippen LogP contribution < -0.4 is 5.32 Å². The number of hydrogen-bond donors (Lipinski definition) is 1. The van der Waals surface area contributed by atoms with Crippen molar-refractivity contribution in [1.29, 1.82) is 0 Å². The van der Waals surface area contributed by atoms with Crippen LogP contribution in [0.3, 0.4) is 0 Å². The number of nitrogens with one attached hydrogen (secondary N) is 1. The Morgan fingerprint density at radius 3 is 2.65 bits per heavy atom. The van der Waals surface area contributed by atoms with Crippen molar-refractivity contribution in [1.82, 2.24) is 10.2 Å². The topological polar surface area (TPSA) is 68.0 Å². The number of rotatable bonds is 6. The third-order valence-electron chi connectivity index (χ3n) is 3.25. The van der Waals surface area contributed by atoms with Crippen molar-refractivity contribution < 1.29 is 9.21 Å². The fourth-order valence-electron chi connectivity index (χ4n) is 2.05. The van der Waals surface area contributed by atoms with E-state index in [2.05, 4.69) is 31.4 Å². The van der Waals surface area contributed by atoms with Gasteiger partial charge >= 0.3 is 0 Å². The third-order valence-corrected chi connectivity index (χ3v) is 5.14. The Kier molecular flexibility index (Phi) is 6.58. The minimum Gasteiger partial charge on any atom is -0.416 e. The Morgan fingerprint density at radius 2 is 1.92 bits per heavy atom. The number of anilines is 1. The van der Waals surface area contributed by atoms with Gasteiger partial charge < -0.3 is 9.73 Å². The lowest BCUT2D eigenvalue weighted by Gasteiger charge is -2.06. The number of nitrogens with zero attached hydrogens (tertiary/aromatic N) is 2. The van der Waals surface area contributed by atoms with Crippen LogP contribution in [0.2, 0.25) is 10.0 Å². The van der Waals surface area contributed by atoms with Gasteiger partial charge in [-0.2, -0.15) is 0 Å². The van der Waals surface area contributed by atoms with Crippen molar-refractivity contribution in [2.24, 2.45) is 0 Å². The second kappa shape index (κ2) is 8.90. The summed E-state index contributed by atoms with van der Waals surface area (Å²) in [7, 11) is 0. The molecular weight excluding hydrogens is 461 g/mol. The predicted molar refractivity (Wildman–Crippen MR) is 107 cm³/mol. The van der Waals surface area contributed by atoms with Crippen LogP contribution >= 0.6 is 50.9 Å². The van der Waals surface area contributed by atoms with Crippen LogP contribution in [-0.2, 0) is 11.2 Å². The second-order valence-corrected chi connectivity index (χ2v) is 7.91. The molecule has 1 N–H and O–H groups in total. The van der Waals surface area contributed by atoms with Gasteiger partial charge in [-0.25, -0.2) is 0 Å². The fraction of sp³-hybridized carbons (Fsp3) is 0.118. The molecule has 1 heterocycles. The fourth-order valence-corrected chi connectivity index (χ4v) is 3.35. The molecule has 0 saturated carbocycles. The van der Waals surface area contributed by atoms with Crippen LogP contribution in [0.5, 0.6) is 0 Å². The molecule has 0 aliphatic heterocycles. The minimum absolute atomic E-state index is 0.124. The highest BCUT2D eigenvalue weighted by atomic mass is 79.9. The summed E-state index contributed by atoms with van der Waals surface area (Å²) in [5.74, 6) is 0.390. The summed E-state index contributed by atoms with van der Waals surface area (Å²) in [5, 5.41) is 11.9. The molecule has 0 unspecified atom stereocenters. The standard InChI is InChI=1S/C17H12BrCl2N3O2S/c18-11-3-1-10(2-4-11)7-16-22-23-17(25-16)26-9-15(24)21-14-6-5-12(19)8-13(14)20/h1-6,8H,7,9H2,(H,21,24). The average Bonchev–Trinajstić information content (AvgIpc) is 3.05. The van der Waals surface area contributed by atoms with E-state index in [0.29, 0.717) is 33.3 Å². The zero-order chi connectivity index (χ0) is 18.5. The summed E-state index contributed by atoms with van der Waals surface area (Å²) in [6.45, 7) is 0. The molecule has 0 atom stereocenters. The average molecular weight is 473 g/mol.